The Labute approximate surface area is 267 Å². The fraction of sp³-hybridized carbons (Fsp3) is 0. The number of para-hydroxylation sites is 4. The van der Waals surface area contributed by atoms with Crippen LogP contribution in [0.1, 0.15) is 0 Å². The Morgan fingerprint density at radius 3 is 1.47 bits per heavy atom. The lowest BCUT2D eigenvalue weighted by atomic mass is 9.96. The topological polar surface area (TPSA) is 15.3 Å². The smallest absolute Gasteiger partial charge is 0.0684 e. The lowest BCUT2D eigenvalue weighted by Crippen LogP contribution is -2.12. The van der Waals surface area contributed by atoms with Gasteiger partial charge < -0.3 is 9.99 Å². The molecule has 7 aromatic carbocycles. The maximum Gasteiger partial charge on any atom is 0.0684 e. The van der Waals surface area contributed by atoms with Gasteiger partial charge in [0.25, 0.3) is 0 Å². The van der Waals surface area contributed by atoms with Crippen molar-refractivity contribution in [1.82, 2.24) is 0 Å². The summed E-state index contributed by atoms with van der Waals surface area (Å²) in [4.78, 5) is 0. The molecule has 0 saturated carbocycles. The van der Waals surface area contributed by atoms with Gasteiger partial charge in [-0.3, -0.25) is 0 Å². The Morgan fingerprint density at radius 1 is 0.378 bits per heavy atom. The second-order valence-corrected chi connectivity index (χ2v) is 12.1. The third-order valence-electron chi connectivity index (χ3n) is 7.84. The van der Waals surface area contributed by atoms with Crippen molar-refractivity contribution >= 4 is 36.8 Å². The Balaban J connectivity index is 1.16. The van der Waals surface area contributed by atoms with Gasteiger partial charge in [0.2, 0.25) is 0 Å². The number of anilines is 4. The van der Waals surface area contributed by atoms with E-state index >= 15 is 0 Å². The first-order valence-electron chi connectivity index (χ1n) is 15.2. The molecule has 0 fully saturated rings. The van der Waals surface area contributed by atoms with Crippen LogP contribution in [0.3, 0.4) is 0 Å². The van der Waals surface area contributed by atoms with Crippen LogP contribution in [-0.2, 0) is 0 Å². The zero-order valence-electron chi connectivity index (χ0n) is 24.8. The molecule has 1 atom stereocenters. The first-order chi connectivity index (χ1) is 22.3. The fourth-order valence-electron chi connectivity index (χ4n) is 5.55. The van der Waals surface area contributed by atoms with E-state index in [-0.39, 0.29) is 0 Å². The van der Waals surface area contributed by atoms with Crippen molar-refractivity contribution < 1.29 is 0 Å². The van der Waals surface area contributed by atoms with E-state index in [0.29, 0.717) is 8.73 Å². The molecule has 2 nitrogen and oxygen atoms in total. The van der Waals surface area contributed by atoms with E-state index in [1.165, 1.54) is 38.7 Å². The molecular formula is C42H33N2P. The second-order valence-electron chi connectivity index (χ2n) is 10.9. The zero-order chi connectivity index (χ0) is 30.3. The monoisotopic (exact) mass is 596 g/mol. The number of hydrogen-bond donors (Lipinski definition) is 1. The molecule has 0 amide bonds. The Bertz CT molecular complexity index is 1990. The minimum absolute atomic E-state index is 0.415. The van der Waals surface area contributed by atoms with E-state index in [4.69, 9.17) is 0 Å². The summed E-state index contributed by atoms with van der Waals surface area (Å²) in [5.74, 6) is 0. The Morgan fingerprint density at radius 2 is 0.844 bits per heavy atom. The average molecular weight is 597 g/mol. The first kappa shape index (κ1) is 28.3. The largest absolute Gasteiger partial charge is 0.354 e. The second kappa shape index (κ2) is 13.5. The maximum atomic E-state index is 3.63. The lowest BCUT2D eigenvalue weighted by molar-refractivity contribution is 1.41. The maximum absolute atomic E-state index is 3.63. The first-order valence-corrected chi connectivity index (χ1v) is 16.1. The normalized spacial score (nSPS) is 11.0. The van der Waals surface area contributed by atoms with Gasteiger partial charge in [0.15, 0.2) is 0 Å². The van der Waals surface area contributed by atoms with Gasteiger partial charge in [-0.1, -0.05) is 140 Å². The quantitative estimate of drug-likeness (QED) is 0.167. The molecular weight excluding hydrogens is 563 g/mol. The van der Waals surface area contributed by atoms with Gasteiger partial charge in [-0.25, -0.2) is 0 Å². The molecule has 0 spiro atoms. The molecule has 0 saturated heterocycles. The summed E-state index contributed by atoms with van der Waals surface area (Å²) in [6.07, 6.45) is 0. The van der Waals surface area contributed by atoms with E-state index < -0.39 is 0 Å². The lowest BCUT2D eigenvalue weighted by Gasteiger charge is -2.27. The van der Waals surface area contributed by atoms with E-state index in [1.54, 1.807) is 0 Å². The molecule has 3 heteroatoms. The highest BCUT2D eigenvalue weighted by Crippen LogP contribution is 2.41. The summed E-state index contributed by atoms with van der Waals surface area (Å²) in [5, 5.41) is 4.90. The van der Waals surface area contributed by atoms with E-state index in [0.717, 1.165) is 22.7 Å². The van der Waals surface area contributed by atoms with Gasteiger partial charge in [0, 0.05) is 20.1 Å². The molecule has 0 aliphatic carbocycles. The molecule has 0 radical (unpaired) electrons. The molecule has 7 aromatic rings. The standard InChI is InChI=1S/C42H33N2P/c1-4-14-32(15-5-1)34-16-12-18-36(30-34)37-19-13-17-35(31-37)33-26-28-40(29-27-33)45-44(39-22-8-3-9-23-39)42-25-11-10-24-41(42)43-38-20-6-2-7-21-38/h1-31,43,45H. The third-order valence-corrected chi connectivity index (χ3v) is 9.15. The van der Waals surface area contributed by atoms with Gasteiger partial charge in [0.05, 0.1) is 11.4 Å². The van der Waals surface area contributed by atoms with Gasteiger partial charge in [0.1, 0.15) is 0 Å². The minimum Gasteiger partial charge on any atom is -0.354 e. The van der Waals surface area contributed by atoms with Crippen LogP contribution in [0.25, 0.3) is 33.4 Å². The van der Waals surface area contributed by atoms with E-state index in [9.17, 15) is 0 Å². The molecule has 0 aliphatic heterocycles. The van der Waals surface area contributed by atoms with Crippen LogP contribution in [0.2, 0.25) is 0 Å². The zero-order valence-corrected chi connectivity index (χ0v) is 25.8. The highest BCUT2D eigenvalue weighted by molar-refractivity contribution is 7.49. The van der Waals surface area contributed by atoms with E-state index in [1.807, 2.05) is 6.07 Å². The SMILES string of the molecule is c1ccc(Nc2ccccc2N(Pc2ccc(-c3cccc(-c4cccc(-c5ccccc5)c4)c3)cc2)c2ccccc2)cc1. The Hall–Kier alpha value is -5.43. The predicted molar refractivity (Wildman–Crippen MR) is 195 cm³/mol. The van der Waals surface area contributed by atoms with Crippen LogP contribution in [0.5, 0.6) is 0 Å². The molecule has 216 valence electrons. The summed E-state index contributed by atoms with van der Waals surface area (Å²) < 4.78 is 2.40. The van der Waals surface area contributed by atoms with Gasteiger partial charge in [-0.2, -0.15) is 0 Å². The van der Waals surface area contributed by atoms with Crippen molar-refractivity contribution in [3.63, 3.8) is 0 Å². The van der Waals surface area contributed by atoms with Crippen molar-refractivity contribution in [3.05, 3.63) is 188 Å². The van der Waals surface area contributed by atoms with Crippen LogP contribution in [0, 0.1) is 0 Å². The number of rotatable bonds is 9. The molecule has 1 unspecified atom stereocenters. The minimum atomic E-state index is 0.415. The number of hydrogen-bond acceptors (Lipinski definition) is 2. The molecule has 0 heterocycles. The predicted octanol–water partition coefficient (Wildman–Crippen LogP) is 11.5. The number of nitrogens with one attached hydrogen (secondary N) is 1. The van der Waals surface area contributed by atoms with Crippen LogP contribution in [0.15, 0.2) is 188 Å². The average Bonchev–Trinajstić information content (AvgIpc) is 3.12. The van der Waals surface area contributed by atoms with Crippen LogP contribution in [-0.4, -0.2) is 0 Å². The highest BCUT2D eigenvalue weighted by Gasteiger charge is 2.15. The summed E-state index contributed by atoms with van der Waals surface area (Å²) in [5.41, 5.74) is 11.8. The highest BCUT2D eigenvalue weighted by atomic mass is 31.1. The number of benzene rings is 7. The van der Waals surface area contributed by atoms with Gasteiger partial charge >= 0.3 is 0 Å². The molecule has 7 rings (SSSR count). The number of nitrogens with zero attached hydrogens (tertiary/aromatic N) is 1. The molecule has 0 aliphatic rings. The Kier molecular flexibility index (Phi) is 8.49. The van der Waals surface area contributed by atoms with Crippen molar-refractivity contribution in [1.29, 1.82) is 0 Å². The van der Waals surface area contributed by atoms with Crippen molar-refractivity contribution in [2.24, 2.45) is 0 Å². The molecule has 0 aromatic heterocycles. The van der Waals surface area contributed by atoms with Gasteiger partial charge in [-0.05, 0) is 87.2 Å². The third kappa shape index (κ3) is 6.73. The summed E-state index contributed by atoms with van der Waals surface area (Å²) in [7, 11) is 0.415. The van der Waals surface area contributed by atoms with Gasteiger partial charge in [-0.15, -0.1) is 0 Å². The van der Waals surface area contributed by atoms with Crippen LogP contribution < -0.4 is 15.3 Å². The summed E-state index contributed by atoms with van der Waals surface area (Å²) in [6.45, 7) is 0. The van der Waals surface area contributed by atoms with Crippen molar-refractivity contribution in [3.8, 4) is 33.4 Å². The van der Waals surface area contributed by atoms with Crippen LogP contribution >= 0.6 is 8.73 Å². The molecule has 45 heavy (non-hydrogen) atoms. The van der Waals surface area contributed by atoms with E-state index in [2.05, 4.69) is 192 Å². The molecule has 1 N–H and O–H groups in total. The van der Waals surface area contributed by atoms with Crippen molar-refractivity contribution in [2.45, 2.75) is 0 Å². The van der Waals surface area contributed by atoms with Crippen molar-refractivity contribution in [2.75, 3.05) is 9.99 Å². The molecule has 0 bridgehead atoms. The van der Waals surface area contributed by atoms with Crippen LogP contribution in [0.4, 0.5) is 22.7 Å². The summed E-state index contributed by atoms with van der Waals surface area (Å²) >= 11 is 0. The fourth-order valence-corrected chi connectivity index (χ4v) is 6.71. The summed E-state index contributed by atoms with van der Waals surface area (Å²) in [6, 6.07) is 66.7.